The lowest BCUT2D eigenvalue weighted by atomic mass is 10.2. The summed E-state index contributed by atoms with van der Waals surface area (Å²) < 4.78 is 1.48. The van der Waals surface area contributed by atoms with Crippen molar-refractivity contribution in [2.45, 2.75) is 13.0 Å². The van der Waals surface area contributed by atoms with Crippen LogP contribution in [0, 0.1) is 0 Å². The third-order valence-corrected chi connectivity index (χ3v) is 3.25. The Morgan fingerprint density at radius 1 is 0.913 bits per heavy atom. The fourth-order valence-electron chi connectivity index (χ4n) is 2.03. The summed E-state index contributed by atoms with van der Waals surface area (Å²) in [6.07, 6.45) is 1.87. The average molecular weight is 313 g/mol. The van der Waals surface area contributed by atoms with Crippen LogP contribution in [-0.4, -0.2) is 29.5 Å². The number of amides is 2. The summed E-state index contributed by atoms with van der Waals surface area (Å²) in [7, 11) is 0. The highest BCUT2D eigenvalue weighted by Crippen LogP contribution is 1.97. The second-order valence-electron chi connectivity index (χ2n) is 4.95. The van der Waals surface area contributed by atoms with Crippen molar-refractivity contribution in [1.29, 1.82) is 0 Å². The molecule has 1 heterocycles. The average Bonchev–Trinajstić information content (AvgIpc) is 2.58. The maximum Gasteiger partial charge on any atom is 0.251 e. The third kappa shape index (κ3) is 5.43. The van der Waals surface area contributed by atoms with Gasteiger partial charge in [-0.2, -0.15) is 0 Å². The molecule has 2 amide bonds. The van der Waals surface area contributed by atoms with Gasteiger partial charge in [0.2, 0.25) is 5.91 Å². The summed E-state index contributed by atoms with van der Waals surface area (Å²) in [6.45, 7) is 1.04. The van der Waals surface area contributed by atoms with Gasteiger partial charge >= 0.3 is 0 Å². The van der Waals surface area contributed by atoms with Crippen molar-refractivity contribution in [3.05, 3.63) is 70.6 Å². The molecule has 1 aromatic heterocycles. The van der Waals surface area contributed by atoms with Gasteiger partial charge in [-0.15, -0.1) is 0 Å². The Kier molecular flexibility index (Phi) is 6.11. The number of nitrogens with zero attached hydrogens (tertiary/aromatic N) is 1. The number of nitrogens with one attached hydrogen (secondary N) is 2. The van der Waals surface area contributed by atoms with Crippen LogP contribution in [-0.2, 0) is 11.3 Å². The van der Waals surface area contributed by atoms with Gasteiger partial charge in [-0.3, -0.25) is 14.4 Å². The number of carbonyl (C=O) groups excluding carboxylic acids is 2. The fraction of sp³-hybridized carbons (Fsp3) is 0.235. The minimum absolute atomic E-state index is 0.129. The SMILES string of the molecule is O=C(CCn1ccccc1=O)NCCNC(=O)c1ccccc1. The molecule has 0 spiro atoms. The van der Waals surface area contributed by atoms with E-state index in [0.717, 1.165) is 0 Å². The maximum absolute atomic E-state index is 11.8. The van der Waals surface area contributed by atoms with Crippen molar-refractivity contribution in [3.8, 4) is 0 Å². The zero-order valence-electron chi connectivity index (χ0n) is 12.7. The molecule has 0 atom stereocenters. The van der Waals surface area contributed by atoms with Crippen LogP contribution in [0.2, 0.25) is 0 Å². The lowest BCUT2D eigenvalue weighted by Crippen LogP contribution is -2.35. The number of aromatic nitrogens is 1. The Hall–Kier alpha value is -2.89. The normalized spacial score (nSPS) is 10.1. The molecule has 0 saturated heterocycles. The smallest absolute Gasteiger partial charge is 0.251 e. The number of rotatable bonds is 7. The molecule has 23 heavy (non-hydrogen) atoms. The molecule has 2 rings (SSSR count). The summed E-state index contributed by atoms with van der Waals surface area (Å²) in [6, 6.07) is 13.8. The molecular weight excluding hydrogens is 294 g/mol. The standard InChI is InChI=1S/C17H19N3O3/c21-15(9-13-20-12-5-4-8-16(20)22)18-10-11-19-17(23)14-6-2-1-3-7-14/h1-8,12H,9-11,13H2,(H,18,21)(H,19,23). The van der Waals surface area contributed by atoms with Crippen LogP contribution < -0.4 is 16.2 Å². The summed E-state index contributed by atoms with van der Waals surface area (Å²) >= 11 is 0. The molecule has 6 heteroatoms. The molecule has 120 valence electrons. The lowest BCUT2D eigenvalue weighted by Gasteiger charge is -2.08. The molecule has 0 fully saturated rings. The minimum Gasteiger partial charge on any atom is -0.354 e. The van der Waals surface area contributed by atoms with E-state index >= 15 is 0 Å². The molecule has 2 aromatic rings. The maximum atomic E-state index is 11.8. The Balaban J connectivity index is 1.64. The first-order chi connectivity index (χ1) is 11.2. The van der Waals surface area contributed by atoms with Crippen molar-refractivity contribution in [1.82, 2.24) is 15.2 Å². The molecule has 1 aromatic carbocycles. The summed E-state index contributed by atoms with van der Waals surface area (Å²) in [5.41, 5.74) is 0.456. The molecule has 0 aliphatic heterocycles. The highest BCUT2D eigenvalue weighted by molar-refractivity contribution is 5.94. The van der Waals surface area contributed by atoms with Crippen molar-refractivity contribution in [2.24, 2.45) is 0 Å². The van der Waals surface area contributed by atoms with Crippen molar-refractivity contribution >= 4 is 11.8 Å². The van der Waals surface area contributed by atoms with Crippen LogP contribution in [0.25, 0.3) is 0 Å². The van der Waals surface area contributed by atoms with Gasteiger partial charge in [-0.05, 0) is 18.2 Å². The van der Waals surface area contributed by atoms with Crippen LogP contribution in [0.4, 0.5) is 0 Å². The van der Waals surface area contributed by atoms with E-state index in [-0.39, 0.29) is 23.8 Å². The molecule has 0 radical (unpaired) electrons. The van der Waals surface area contributed by atoms with E-state index < -0.39 is 0 Å². The first-order valence-corrected chi connectivity index (χ1v) is 7.42. The van der Waals surface area contributed by atoms with Crippen LogP contribution in [0.3, 0.4) is 0 Å². The number of pyridine rings is 1. The zero-order chi connectivity index (χ0) is 16.5. The first kappa shape index (κ1) is 16.5. The van der Waals surface area contributed by atoms with Gasteiger partial charge in [0.1, 0.15) is 0 Å². The van der Waals surface area contributed by atoms with Gasteiger partial charge in [0.25, 0.3) is 11.5 Å². The number of hydrogen-bond acceptors (Lipinski definition) is 3. The molecule has 0 aliphatic carbocycles. The van der Waals surface area contributed by atoms with E-state index in [0.29, 0.717) is 25.2 Å². The lowest BCUT2D eigenvalue weighted by molar-refractivity contribution is -0.121. The van der Waals surface area contributed by atoms with Crippen LogP contribution >= 0.6 is 0 Å². The second kappa shape index (κ2) is 8.53. The largest absolute Gasteiger partial charge is 0.354 e. The van der Waals surface area contributed by atoms with Gasteiger partial charge in [0, 0.05) is 43.9 Å². The van der Waals surface area contributed by atoms with Crippen LogP contribution in [0.15, 0.2) is 59.5 Å². The first-order valence-electron chi connectivity index (χ1n) is 7.42. The zero-order valence-corrected chi connectivity index (χ0v) is 12.7. The van der Waals surface area contributed by atoms with E-state index in [9.17, 15) is 14.4 Å². The molecule has 0 unspecified atom stereocenters. The predicted octanol–water partition coefficient (Wildman–Crippen LogP) is 0.785. The number of benzene rings is 1. The Morgan fingerprint density at radius 3 is 2.35 bits per heavy atom. The Morgan fingerprint density at radius 2 is 1.61 bits per heavy atom. The third-order valence-electron chi connectivity index (χ3n) is 3.25. The van der Waals surface area contributed by atoms with Crippen LogP contribution in [0.5, 0.6) is 0 Å². The van der Waals surface area contributed by atoms with Crippen molar-refractivity contribution < 1.29 is 9.59 Å². The predicted molar refractivity (Wildman–Crippen MR) is 87.1 cm³/mol. The number of hydrogen-bond donors (Lipinski definition) is 2. The molecule has 6 nitrogen and oxygen atoms in total. The highest BCUT2D eigenvalue weighted by atomic mass is 16.2. The second-order valence-corrected chi connectivity index (χ2v) is 4.95. The number of carbonyl (C=O) groups is 2. The van der Waals surface area contributed by atoms with E-state index in [1.807, 2.05) is 6.07 Å². The van der Waals surface area contributed by atoms with E-state index in [2.05, 4.69) is 10.6 Å². The van der Waals surface area contributed by atoms with Gasteiger partial charge in [-0.1, -0.05) is 24.3 Å². The molecular formula is C17H19N3O3. The van der Waals surface area contributed by atoms with Gasteiger partial charge in [0.15, 0.2) is 0 Å². The van der Waals surface area contributed by atoms with Crippen molar-refractivity contribution in [2.75, 3.05) is 13.1 Å². The van der Waals surface area contributed by atoms with Gasteiger partial charge in [-0.25, -0.2) is 0 Å². The monoisotopic (exact) mass is 313 g/mol. The fourth-order valence-corrected chi connectivity index (χ4v) is 2.03. The molecule has 0 saturated carbocycles. The van der Waals surface area contributed by atoms with Crippen LogP contribution in [0.1, 0.15) is 16.8 Å². The molecule has 0 aliphatic rings. The van der Waals surface area contributed by atoms with Crippen molar-refractivity contribution in [3.63, 3.8) is 0 Å². The number of aryl methyl sites for hydroxylation is 1. The summed E-state index contributed by atoms with van der Waals surface area (Å²) in [5, 5.41) is 5.44. The van der Waals surface area contributed by atoms with E-state index in [4.69, 9.17) is 0 Å². The Bertz CT molecular complexity index is 710. The topological polar surface area (TPSA) is 80.2 Å². The van der Waals surface area contributed by atoms with Gasteiger partial charge in [0.05, 0.1) is 0 Å². The Labute approximate surface area is 134 Å². The highest BCUT2D eigenvalue weighted by Gasteiger charge is 2.05. The quantitative estimate of drug-likeness (QED) is 0.742. The summed E-state index contributed by atoms with van der Waals surface area (Å²) in [4.78, 5) is 35.0. The van der Waals surface area contributed by atoms with E-state index in [1.54, 1.807) is 42.6 Å². The summed E-state index contributed by atoms with van der Waals surface area (Å²) in [5.74, 6) is -0.328. The minimum atomic E-state index is -0.171. The molecule has 2 N–H and O–H groups in total. The molecule has 0 bridgehead atoms. The van der Waals surface area contributed by atoms with E-state index in [1.165, 1.54) is 10.6 Å². The van der Waals surface area contributed by atoms with Gasteiger partial charge < -0.3 is 15.2 Å².